The molecule has 6 heteroatoms. The molecule has 3 heterocycles. The number of nitrogens with zero attached hydrogens (tertiary/aromatic N) is 4. The van der Waals surface area contributed by atoms with Gasteiger partial charge in [0, 0.05) is 38.1 Å². The van der Waals surface area contributed by atoms with E-state index in [1.807, 2.05) is 24.4 Å². The molecule has 5 nitrogen and oxygen atoms in total. The highest BCUT2D eigenvalue weighted by atomic mass is 19.1. The van der Waals surface area contributed by atoms with Gasteiger partial charge in [-0.25, -0.2) is 14.4 Å². The molecule has 22 heavy (non-hydrogen) atoms. The first-order chi connectivity index (χ1) is 10.8. The summed E-state index contributed by atoms with van der Waals surface area (Å²) in [6.07, 6.45) is 3.48. The summed E-state index contributed by atoms with van der Waals surface area (Å²) in [7, 11) is 0. The maximum Gasteiger partial charge on any atom is 0.142 e. The number of fused-ring (bicyclic) bond motifs is 1. The maximum absolute atomic E-state index is 13.0. The van der Waals surface area contributed by atoms with Gasteiger partial charge in [0.15, 0.2) is 0 Å². The molecule has 4 rings (SSSR count). The summed E-state index contributed by atoms with van der Waals surface area (Å²) >= 11 is 0. The molecule has 0 atom stereocenters. The zero-order valence-corrected chi connectivity index (χ0v) is 12.0. The fourth-order valence-electron chi connectivity index (χ4n) is 2.94. The third-order valence-electron chi connectivity index (χ3n) is 4.10. The van der Waals surface area contributed by atoms with Gasteiger partial charge in [0.2, 0.25) is 0 Å². The first-order valence-electron chi connectivity index (χ1n) is 7.35. The van der Waals surface area contributed by atoms with Crippen LogP contribution < -0.4 is 9.80 Å². The largest absolute Gasteiger partial charge is 0.368 e. The first kappa shape index (κ1) is 13.1. The predicted octanol–water partition coefficient (Wildman–Crippen LogP) is 2.42. The van der Waals surface area contributed by atoms with Crippen molar-refractivity contribution < 1.29 is 4.39 Å². The smallest absolute Gasteiger partial charge is 0.142 e. The average molecular weight is 297 g/mol. The Balaban J connectivity index is 1.52. The molecule has 0 unspecified atom stereocenters. The van der Waals surface area contributed by atoms with Crippen molar-refractivity contribution in [2.24, 2.45) is 0 Å². The molecule has 0 bridgehead atoms. The number of piperazine rings is 1. The van der Waals surface area contributed by atoms with Crippen molar-refractivity contribution in [3.63, 3.8) is 0 Å². The van der Waals surface area contributed by atoms with Crippen molar-refractivity contribution in [2.75, 3.05) is 36.0 Å². The van der Waals surface area contributed by atoms with E-state index in [-0.39, 0.29) is 5.82 Å². The Morgan fingerprint density at radius 1 is 0.909 bits per heavy atom. The normalized spacial score (nSPS) is 15.5. The molecule has 1 saturated heterocycles. The fraction of sp³-hybridized carbons (Fsp3) is 0.250. The van der Waals surface area contributed by atoms with Crippen molar-refractivity contribution >= 4 is 22.5 Å². The van der Waals surface area contributed by atoms with Crippen LogP contribution in [0, 0.1) is 5.82 Å². The van der Waals surface area contributed by atoms with Gasteiger partial charge in [0.25, 0.3) is 0 Å². The van der Waals surface area contributed by atoms with Crippen LogP contribution in [-0.2, 0) is 0 Å². The first-order valence-corrected chi connectivity index (χ1v) is 7.35. The number of H-pyrrole nitrogens is 1. The molecule has 2 aromatic heterocycles. The van der Waals surface area contributed by atoms with E-state index in [9.17, 15) is 4.39 Å². The number of rotatable bonds is 2. The van der Waals surface area contributed by atoms with Gasteiger partial charge in [-0.3, -0.25) is 0 Å². The summed E-state index contributed by atoms with van der Waals surface area (Å²) in [4.78, 5) is 16.3. The SMILES string of the molecule is Fc1ccc(N2CCN(c3ncnc4[nH]ccc34)CC2)cc1. The van der Waals surface area contributed by atoms with E-state index in [2.05, 4.69) is 24.8 Å². The highest BCUT2D eigenvalue weighted by Crippen LogP contribution is 2.24. The summed E-state index contributed by atoms with van der Waals surface area (Å²) in [5, 5.41) is 1.05. The molecule has 112 valence electrons. The maximum atomic E-state index is 13.0. The van der Waals surface area contributed by atoms with Crippen LogP contribution in [0.3, 0.4) is 0 Å². The standard InChI is InChI=1S/C16H16FN5/c17-12-1-3-13(4-2-12)21-7-9-22(10-8-21)16-14-5-6-18-15(14)19-11-20-16/h1-6,11H,7-10H2,(H,18,19,20). The van der Waals surface area contributed by atoms with Gasteiger partial charge in [0.05, 0.1) is 5.39 Å². The van der Waals surface area contributed by atoms with E-state index in [1.54, 1.807) is 6.33 Å². The summed E-state index contributed by atoms with van der Waals surface area (Å²) in [6, 6.07) is 8.70. The van der Waals surface area contributed by atoms with E-state index in [1.165, 1.54) is 12.1 Å². The van der Waals surface area contributed by atoms with Crippen LogP contribution in [0.4, 0.5) is 15.9 Å². The Hall–Kier alpha value is -2.63. The van der Waals surface area contributed by atoms with Crippen LogP contribution in [-0.4, -0.2) is 41.1 Å². The molecule has 0 aliphatic carbocycles. The summed E-state index contributed by atoms with van der Waals surface area (Å²) in [5.41, 5.74) is 1.93. The zero-order chi connectivity index (χ0) is 14.9. The number of nitrogens with one attached hydrogen (secondary N) is 1. The highest BCUT2D eigenvalue weighted by molar-refractivity contribution is 5.87. The molecule has 0 amide bonds. The Kier molecular flexibility index (Phi) is 3.14. The van der Waals surface area contributed by atoms with Crippen molar-refractivity contribution in [3.05, 3.63) is 48.7 Å². The van der Waals surface area contributed by atoms with E-state index >= 15 is 0 Å². The van der Waals surface area contributed by atoms with Crippen LogP contribution in [0.5, 0.6) is 0 Å². The zero-order valence-electron chi connectivity index (χ0n) is 12.0. The lowest BCUT2D eigenvalue weighted by atomic mass is 10.2. The minimum absolute atomic E-state index is 0.196. The van der Waals surface area contributed by atoms with E-state index in [0.717, 1.165) is 48.7 Å². The third kappa shape index (κ3) is 2.26. The fourth-order valence-corrected chi connectivity index (χ4v) is 2.94. The van der Waals surface area contributed by atoms with E-state index < -0.39 is 0 Å². The Bertz CT molecular complexity index is 775. The van der Waals surface area contributed by atoms with Gasteiger partial charge < -0.3 is 14.8 Å². The number of aromatic nitrogens is 3. The Morgan fingerprint density at radius 2 is 1.64 bits per heavy atom. The van der Waals surface area contributed by atoms with Gasteiger partial charge in [-0.1, -0.05) is 0 Å². The van der Waals surface area contributed by atoms with E-state index in [4.69, 9.17) is 0 Å². The minimum Gasteiger partial charge on any atom is -0.368 e. The van der Waals surface area contributed by atoms with E-state index in [0.29, 0.717) is 0 Å². The summed E-state index contributed by atoms with van der Waals surface area (Å²) < 4.78 is 13.0. The van der Waals surface area contributed by atoms with Crippen molar-refractivity contribution in [1.82, 2.24) is 15.0 Å². The van der Waals surface area contributed by atoms with Gasteiger partial charge in [0.1, 0.15) is 23.6 Å². The van der Waals surface area contributed by atoms with Crippen LogP contribution >= 0.6 is 0 Å². The van der Waals surface area contributed by atoms with Crippen LogP contribution in [0.25, 0.3) is 11.0 Å². The number of benzene rings is 1. The van der Waals surface area contributed by atoms with Crippen molar-refractivity contribution in [1.29, 1.82) is 0 Å². The second-order valence-corrected chi connectivity index (χ2v) is 5.39. The Labute approximate surface area is 127 Å². The number of hydrogen-bond donors (Lipinski definition) is 1. The number of hydrogen-bond acceptors (Lipinski definition) is 4. The molecule has 0 saturated carbocycles. The molecule has 1 aliphatic rings. The quantitative estimate of drug-likeness (QED) is 0.789. The molecule has 1 N–H and O–H groups in total. The lowest BCUT2D eigenvalue weighted by molar-refractivity contribution is 0.624. The van der Waals surface area contributed by atoms with Gasteiger partial charge in [-0.15, -0.1) is 0 Å². The lowest BCUT2D eigenvalue weighted by Gasteiger charge is -2.36. The van der Waals surface area contributed by atoms with Crippen LogP contribution in [0.2, 0.25) is 0 Å². The number of anilines is 2. The molecule has 0 spiro atoms. The topological polar surface area (TPSA) is 48.1 Å². The Morgan fingerprint density at radius 3 is 2.41 bits per heavy atom. The third-order valence-corrected chi connectivity index (χ3v) is 4.10. The van der Waals surface area contributed by atoms with Crippen LogP contribution in [0.15, 0.2) is 42.9 Å². The molecule has 1 aromatic carbocycles. The second-order valence-electron chi connectivity index (χ2n) is 5.39. The highest BCUT2D eigenvalue weighted by Gasteiger charge is 2.20. The van der Waals surface area contributed by atoms with Gasteiger partial charge >= 0.3 is 0 Å². The monoisotopic (exact) mass is 297 g/mol. The van der Waals surface area contributed by atoms with Gasteiger partial charge in [-0.2, -0.15) is 0 Å². The summed E-state index contributed by atoms with van der Waals surface area (Å²) in [5.74, 6) is 0.781. The second kappa shape index (κ2) is 5.29. The molecule has 1 fully saturated rings. The average Bonchev–Trinajstić information content (AvgIpc) is 3.04. The number of aromatic amines is 1. The molecular weight excluding hydrogens is 281 g/mol. The minimum atomic E-state index is -0.196. The molecule has 3 aromatic rings. The molecule has 0 radical (unpaired) electrons. The van der Waals surface area contributed by atoms with Crippen LogP contribution in [0.1, 0.15) is 0 Å². The van der Waals surface area contributed by atoms with Crippen molar-refractivity contribution in [3.8, 4) is 0 Å². The van der Waals surface area contributed by atoms with Crippen molar-refractivity contribution in [2.45, 2.75) is 0 Å². The molecular formula is C16H16FN5. The van der Waals surface area contributed by atoms with Gasteiger partial charge in [-0.05, 0) is 30.3 Å². The summed E-state index contributed by atoms with van der Waals surface area (Å²) in [6.45, 7) is 3.55. The number of halogens is 1. The predicted molar refractivity (Wildman–Crippen MR) is 84.7 cm³/mol. The molecule has 1 aliphatic heterocycles. The lowest BCUT2D eigenvalue weighted by Crippen LogP contribution is -2.46.